The Bertz CT molecular complexity index is 721. The summed E-state index contributed by atoms with van der Waals surface area (Å²) in [7, 11) is -3.73. The number of nitrogens with zero attached hydrogens (tertiary/aromatic N) is 1. The van der Waals surface area contributed by atoms with E-state index in [0.717, 1.165) is 12.5 Å². The van der Waals surface area contributed by atoms with E-state index in [-0.39, 0.29) is 22.0 Å². The third kappa shape index (κ3) is 3.97. The molecule has 0 bridgehead atoms. The minimum atomic E-state index is -3.73. The Labute approximate surface area is 148 Å². The van der Waals surface area contributed by atoms with E-state index in [1.165, 1.54) is 16.4 Å². The van der Waals surface area contributed by atoms with Crippen LogP contribution in [0.2, 0.25) is 0 Å². The van der Waals surface area contributed by atoms with E-state index in [2.05, 4.69) is 0 Å². The lowest BCUT2D eigenvalue weighted by Gasteiger charge is -2.22. The van der Waals surface area contributed by atoms with Gasteiger partial charge in [-0.1, -0.05) is 6.92 Å². The van der Waals surface area contributed by atoms with Crippen LogP contribution >= 0.6 is 0 Å². The van der Waals surface area contributed by atoms with Crippen LogP contribution in [0.1, 0.15) is 19.8 Å². The molecule has 2 N–H and O–H groups in total. The van der Waals surface area contributed by atoms with Crippen LogP contribution < -0.4 is 10.5 Å². The fourth-order valence-corrected chi connectivity index (χ4v) is 4.78. The molecule has 1 aromatic carbocycles. The van der Waals surface area contributed by atoms with Crippen LogP contribution in [0.15, 0.2) is 23.1 Å². The van der Waals surface area contributed by atoms with Gasteiger partial charge in [0, 0.05) is 25.6 Å². The number of nitrogens with two attached hydrogens (primary N) is 1. The number of sulfonamides is 1. The summed E-state index contributed by atoms with van der Waals surface area (Å²) in [6.45, 7) is 4.82. The third-order valence-electron chi connectivity index (χ3n) is 5.06. The van der Waals surface area contributed by atoms with Gasteiger partial charge in [0.15, 0.2) is 11.6 Å². The molecule has 2 aliphatic rings. The first kappa shape index (κ1) is 18.6. The molecule has 140 valence electrons. The maximum absolute atomic E-state index is 14.3. The molecule has 0 aliphatic carbocycles. The maximum Gasteiger partial charge on any atom is 0.243 e. The number of benzene rings is 1. The summed E-state index contributed by atoms with van der Waals surface area (Å²) in [5, 5.41) is 0. The molecule has 2 fully saturated rings. The number of hydrogen-bond acceptors (Lipinski definition) is 5. The van der Waals surface area contributed by atoms with Gasteiger partial charge in [-0.2, -0.15) is 4.31 Å². The molecule has 6 nitrogen and oxygen atoms in total. The second-order valence-corrected chi connectivity index (χ2v) is 9.17. The average molecular weight is 372 g/mol. The first-order valence-electron chi connectivity index (χ1n) is 8.54. The molecule has 2 saturated heterocycles. The topological polar surface area (TPSA) is 81.9 Å². The highest BCUT2D eigenvalue weighted by Crippen LogP contribution is 2.33. The fourth-order valence-electron chi connectivity index (χ4n) is 3.18. The van der Waals surface area contributed by atoms with Gasteiger partial charge in [0.2, 0.25) is 10.0 Å². The largest absolute Gasteiger partial charge is 0.490 e. The van der Waals surface area contributed by atoms with Gasteiger partial charge in [-0.25, -0.2) is 12.8 Å². The smallest absolute Gasteiger partial charge is 0.243 e. The van der Waals surface area contributed by atoms with Crippen LogP contribution in [0.5, 0.6) is 5.75 Å². The van der Waals surface area contributed by atoms with Crippen molar-refractivity contribution in [3.8, 4) is 5.75 Å². The van der Waals surface area contributed by atoms with E-state index in [9.17, 15) is 12.8 Å². The molecule has 0 aromatic heterocycles. The van der Waals surface area contributed by atoms with Gasteiger partial charge in [0.1, 0.15) is 0 Å². The Kier molecular flexibility index (Phi) is 5.34. The fraction of sp³-hybridized carbons (Fsp3) is 0.647. The molecule has 2 unspecified atom stereocenters. The second kappa shape index (κ2) is 7.19. The van der Waals surface area contributed by atoms with E-state index >= 15 is 0 Å². The van der Waals surface area contributed by atoms with Gasteiger partial charge < -0.3 is 15.2 Å². The van der Waals surface area contributed by atoms with Crippen molar-refractivity contribution < 1.29 is 22.3 Å². The van der Waals surface area contributed by atoms with E-state index < -0.39 is 15.8 Å². The SMILES string of the molecule is CC1(CN)CCN(S(=O)(=O)c2ccc(OCC3CCOC3)c(F)c2)C1. The Morgan fingerprint density at radius 2 is 2.28 bits per heavy atom. The van der Waals surface area contributed by atoms with Gasteiger partial charge >= 0.3 is 0 Å². The molecule has 2 atom stereocenters. The van der Waals surface area contributed by atoms with Gasteiger partial charge in [-0.05, 0) is 43.0 Å². The van der Waals surface area contributed by atoms with Crippen molar-refractivity contribution in [2.75, 3.05) is 39.5 Å². The first-order chi connectivity index (χ1) is 11.8. The predicted octanol–water partition coefficient (Wildman–Crippen LogP) is 1.60. The number of halogens is 1. The van der Waals surface area contributed by atoms with E-state index in [4.69, 9.17) is 15.2 Å². The zero-order chi connectivity index (χ0) is 18.1. The Hall–Kier alpha value is -1.22. The molecule has 0 amide bonds. The highest BCUT2D eigenvalue weighted by Gasteiger charge is 2.39. The summed E-state index contributed by atoms with van der Waals surface area (Å²) >= 11 is 0. The quantitative estimate of drug-likeness (QED) is 0.820. The van der Waals surface area contributed by atoms with Gasteiger partial charge in [0.05, 0.1) is 18.1 Å². The molecule has 25 heavy (non-hydrogen) atoms. The normalized spacial score (nSPS) is 27.7. The minimum absolute atomic E-state index is 0.0529. The lowest BCUT2D eigenvalue weighted by molar-refractivity contribution is 0.165. The number of rotatable bonds is 6. The minimum Gasteiger partial charge on any atom is -0.490 e. The molecule has 3 rings (SSSR count). The summed E-state index contributed by atoms with van der Waals surface area (Å²) in [4.78, 5) is -0.0529. The lowest BCUT2D eigenvalue weighted by atomic mass is 9.90. The van der Waals surface area contributed by atoms with Crippen molar-refractivity contribution in [2.45, 2.75) is 24.7 Å². The lowest BCUT2D eigenvalue weighted by Crippen LogP contribution is -2.34. The molecular formula is C17H25FN2O4S. The number of hydrogen-bond donors (Lipinski definition) is 1. The van der Waals surface area contributed by atoms with Crippen LogP contribution in [0.4, 0.5) is 4.39 Å². The van der Waals surface area contributed by atoms with Crippen LogP contribution in [0.25, 0.3) is 0 Å². The van der Waals surface area contributed by atoms with Crippen molar-refractivity contribution in [1.29, 1.82) is 0 Å². The molecule has 1 aromatic rings. The average Bonchev–Trinajstić information content (AvgIpc) is 3.24. The first-order valence-corrected chi connectivity index (χ1v) is 9.98. The Morgan fingerprint density at radius 3 is 2.88 bits per heavy atom. The predicted molar refractivity (Wildman–Crippen MR) is 91.4 cm³/mol. The Morgan fingerprint density at radius 1 is 1.48 bits per heavy atom. The third-order valence-corrected chi connectivity index (χ3v) is 6.90. The maximum atomic E-state index is 14.3. The number of ether oxygens (including phenoxy) is 2. The molecule has 0 radical (unpaired) electrons. The van der Waals surface area contributed by atoms with Crippen LogP contribution in [0.3, 0.4) is 0 Å². The molecule has 8 heteroatoms. The monoisotopic (exact) mass is 372 g/mol. The van der Waals surface area contributed by atoms with Crippen molar-refractivity contribution in [3.63, 3.8) is 0 Å². The van der Waals surface area contributed by atoms with E-state index in [1.807, 2.05) is 6.92 Å². The van der Waals surface area contributed by atoms with Gasteiger partial charge in [-0.3, -0.25) is 0 Å². The molecule has 2 aliphatic heterocycles. The summed E-state index contributed by atoms with van der Waals surface area (Å²) in [5.41, 5.74) is 5.51. The summed E-state index contributed by atoms with van der Waals surface area (Å²) in [5.74, 6) is -0.346. The van der Waals surface area contributed by atoms with Gasteiger partial charge in [0.25, 0.3) is 0 Å². The van der Waals surface area contributed by atoms with E-state index in [0.29, 0.717) is 45.9 Å². The Balaban J connectivity index is 1.71. The summed E-state index contributed by atoms with van der Waals surface area (Å²) in [6.07, 6.45) is 1.60. The standard InChI is InChI=1S/C17H25FN2O4S/c1-17(11-19)5-6-20(12-17)25(21,22)14-2-3-16(15(18)8-14)24-10-13-4-7-23-9-13/h2-3,8,13H,4-7,9-12,19H2,1H3. The van der Waals surface area contributed by atoms with Gasteiger partial charge in [-0.15, -0.1) is 0 Å². The summed E-state index contributed by atoms with van der Waals surface area (Å²) < 4.78 is 51.9. The zero-order valence-corrected chi connectivity index (χ0v) is 15.2. The molecular weight excluding hydrogens is 347 g/mol. The van der Waals surface area contributed by atoms with Crippen molar-refractivity contribution in [2.24, 2.45) is 17.1 Å². The van der Waals surface area contributed by atoms with Crippen molar-refractivity contribution in [3.05, 3.63) is 24.0 Å². The van der Waals surface area contributed by atoms with E-state index in [1.54, 1.807) is 0 Å². The van der Waals surface area contributed by atoms with Crippen LogP contribution in [-0.2, 0) is 14.8 Å². The van der Waals surface area contributed by atoms with Crippen molar-refractivity contribution >= 4 is 10.0 Å². The molecule has 0 saturated carbocycles. The van der Waals surface area contributed by atoms with Crippen LogP contribution in [0, 0.1) is 17.2 Å². The highest BCUT2D eigenvalue weighted by molar-refractivity contribution is 7.89. The zero-order valence-electron chi connectivity index (χ0n) is 14.4. The molecule has 2 heterocycles. The summed E-state index contributed by atoms with van der Waals surface area (Å²) in [6, 6.07) is 3.82. The highest BCUT2D eigenvalue weighted by atomic mass is 32.2. The van der Waals surface area contributed by atoms with Crippen LogP contribution in [-0.4, -0.2) is 52.2 Å². The van der Waals surface area contributed by atoms with Crippen molar-refractivity contribution in [1.82, 2.24) is 4.31 Å². The molecule has 0 spiro atoms. The second-order valence-electron chi connectivity index (χ2n) is 7.24.